The first-order valence-corrected chi connectivity index (χ1v) is 13.8. The van der Waals surface area contributed by atoms with Gasteiger partial charge in [0.25, 0.3) is 5.56 Å². The average molecular weight is 552 g/mol. The molecule has 1 aliphatic rings. The highest BCUT2D eigenvalue weighted by atomic mass is 16.5. The zero-order valence-corrected chi connectivity index (χ0v) is 23.2. The number of aromatic amines is 1. The zero-order chi connectivity index (χ0) is 28.2. The van der Waals surface area contributed by atoms with Crippen molar-refractivity contribution in [3.8, 4) is 11.5 Å². The third-order valence-corrected chi connectivity index (χ3v) is 7.74. The van der Waals surface area contributed by atoms with Gasteiger partial charge in [-0.15, -0.1) is 5.10 Å². The standard InChI is InChI=1S/C31H33N7O3/c1-40-24-13-12-23-20-25(31(39)32-26(23)21-24)29(30-33-34-35-38(30)15-14-22-8-4-3-5-9-22)37-18-16-36(17-19-37)27-10-6-7-11-28(27)41-2/h3-13,20-21,29H,14-19H2,1-2H3,(H,32,39)/t29-/m0/s1. The predicted molar refractivity (Wildman–Crippen MR) is 158 cm³/mol. The minimum Gasteiger partial charge on any atom is -0.497 e. The van der Waals surface area contributed by atoms with Crippen LogP contribution in [0.25, 0.3) is 10.9 Å². The molecule has 1 atom stereocenters. The molecule has 5 aromatic rings. The molecule has 1 saturated heterocycles. The van der Waals surface area contributed by atoms with Crippen LogP contribution in [0.15, 0.2) is 83.7 Å². The van der Waals surface area contributed by atoms with Gasteiger partial charge < -0.3 is 19.4 Å². The van der Waals surface area contributed by atoms with E-state index < -0.39 is 6.04 Å². The molecule has 0 bridgehead atoms. The van der Waals surface area contributed by atoms with Crippen LogP contribution in [0.3, 0.4) is 0 Å². The smallest absolute Gasteiger partial charge is 0.253 e. The van der Waals surface area contributed by atoms with Crippen LogP contribution in [-0.4, -0.2) is 70.5 Å². The SMILES string of the molecule is COc1ccc2cc([C@@H](c3nnnn3CCc3ccccc3)N3CCN(c4ccccc4OC)CC3)c(=O)[nH]c2c1. The topological polar surface area (TPSA) is 101 Å². The van der Waals surface area contributed by atoms with Crippen LogP contribution in [-0.2, 0) is 13.0 Å². The number of ether oxygens (including phenoxy) is 2. The summed E-state index contributed by atoms with van der Waals surface area (Å²) in [4.78, 5) is 21.3. The molecule has 0 amide bonds. The van der Waals surface area contributed by atoms with Gasteiger partial charge in [-0.05, 0) is 58.1 Å². The van der Waals surface area contributed by atoms with E-state index in [1.54, 1.807) is 14.2 Å². The molecule has 0 unspecified atom stereocenters. The van der Waals surface area contributed by atoms with Crippen LogP contribution >= 0.6 is 0 Å². The Hall–Kier alpha value is -4.70. The Bertz CT molecular complexity index is 1680. The van der Waals surface area contributed by atoms with E-state index in [9.17, 15) is 4.79 Å². The Balaban J connectivity index is 1.35. The Morgan fingerprint density at radius 3 is 2.46 bits per heavy atom. The number of nitrogens with zero attached hydrogens (tertiary/aromatic N) is 6. The molecule has 10 heteroatoms. The summed E-state index contributed by atoms with van der Waals surface area (Å²) in [5, 5.41) is 13.8. The number of para-hydroxylation sites is 2. The van der Waals surface area contributed by atoms with Crippen LogP contribution < -0.4 is 19.9 Å². The molecule has 1 aliphatic heterocycles. The minimum absolute atomic E-state index is 0.166. The summed E-state index contributed by atoms with van der Waals surface area (Å²) in [5.74, 6) is 2.20. The van der Waals surface area contributed by atoms with E-state index in [2.05, 4.69) is 48.5 Å². The summed E-state index contributed by atoms with van der Waals surface area (Å²) in [6.45, 7) is 3.58. The van der Waals surface area contributed by atoms with E-state index in [0.717, 1.165) is 41.9 Å². The van der Waals surface area contributed by atoms with Gasteiger partial charge in [-0.2, -0.15) is 0 Å². The first-order valence-electron chi connectivity index (χ1n) is 13.8. The number of fused-ring (bicyclic) bond motifs is 1. The van der Waals surface area contributed by atoms with Crippen molar-refractivity contribution in [2.24, 2.45) is 0 Å². The van der Waals surface area contributed by atoms with E-state index in [4.69, 9.17) is 9.47 Å². The Morgan fingerprint density at radius 2 is 1.68 bits per heavy atom. The first kappa shape index (κ1) is 26.5. The molecule has 210 valence electrons. The van der Waals surface area contributed by atoms with Gasteiger partial charge >= 0.3 is 0 Å². The van der Waals surface area contributed by atoms with E-state index in [-0.39, 0.29) is 5.56 Å². The van der Waals surface area contributed by atoms with Gasteiger partial charge in [-0.25, -0.2) is 4.68 Å². The molecule has 0 aliphatic carbocycles. The maximum atomic E-state index is 13.6. The number of anilines is 1. The zero-order valence-electron chi connectivity index (χ0n) is 23.2. The number of aromatic nitrogens is 5. The highest BCUT2D eigenvalue weighted by Gasteiger charge is 2.33. The third-order valence-electron chi connectivity index (χ3n) is 7.74. The summed E-state index contributed by atoms with van der Waals surface area (Å²) in [7, 11) is 3.31. The Morgan fingerprint density at radius 1 is 0.902 bits per heavy atom. The van der Waals surface area contributed by atoms with Crippen molar-refractivity contribution in [1.82, 2.24) is 30.1 Å². The lowest BCUT2D eigenvalue weighted by molar-refractivity contribution is 0.199. The van der Waals surface area contributed by atoms with Gasteiger partial charge in [0.2, 0.25) is 0 Å². The summed E-state index contributed by atoms with van der Waals surface area (Å²) in [6, 6.07) is 25.6. The summed E-state index contributed by atoms with van der Waals surface area (Å²) in [5.41, 5.74) is 3.44. The van der Waals surface area contributed by atoms with Gasteiger partial charge in [0.15, 0.2) is 5.82 Å². The molecule has 1 N–H and O–H groups in total. The van der Waals surface area contributed by atoms with E-state index in [1.165, 1.54) is 5.56 Å². The van der Waals surface area contributed by atoms with E-state index in [1.807, 2.05) is 65.3 Å². The number of hydrogen-bond acceptors (Lipinski definition) is 8. The molecule has 3 heterocycles. The lowest BCUT2D eigenvalue weighted by Gasteiger charge is -2.40. The molecular formula is C31H33N7O3. The Kier molecular flexibility index (Phi) is 7.64. The normalized spacial score (nSPS) is 14.7. The maximum absolute atomic E-state index is 13.6. The van der Waals surface area contributed by atoms with E-state index >= 15 is 0 Å². The van der Waals surface area contributed by atoms with Crippen LogP contribution in [0.1, 0.15) is 23.0 Å². The monoisotopic (exact) mass is 551 g/mol. The number of aryl methyl sites for hydroxylation is 2. The quantitative estimate of drug-likeness (QED) is 0.296. The number of methoxy groups -OCH3 is 2. The predicted octanol–water partition coefficient (Wildman–Crippen LogP) is 3.69. The highest BCUT2D eigenvalue weighted by molar-refractivity contribution is 5.80. The molecule has 0 spiro atoms. The van der Waals surface area contributed by atoms with Gasteiger partial charge in [0.05, 0.1) is 25.4 Å². The number of tetrazole rings is 1. The minimum atomic E-state index is -0.421. The number of rotatable bonds is 9. The second-order valence-electron chi connectivity index (χ2n) is 10.1. The molecular weight excluding hydrogens is 518 g/mol. The number of hydrogen-bond donors (Lipinski definition) is 1. The van der Waals surface area contributed by atoms with Crippen LogP contribution in [0.5, 0.6) is 11.5 Å². The molecule has 0 radical (unpaired) electrons. The fourth-order valence-electron chi connectivity index (χ4n) is 5.58. The largest absolute Gasteiger partial charge is 0.497 e. The molecule has 1 fully saturated rings. The van der Waals surface area contributed by atoms with Crippen molar-refractivity contribution in [3.05, 3.63) is 106 Å². The van der Waals surface area contributed by atoms with Crippen molar-refractivity contribution < 1.29 is 9.47 Å². The highest BCUT2D eigenvalue weighted by Crippen LogP contribution is 2.32. The average Bonchev–Trinajstić information content (AvgIpc) is 3.49. The maximum Gasteiger partial charge on any atom is 0.253 e. The lowest BCUT2D eigenvalue weighted by atomic mass is 10.0. The fraction of sp³-hybridized carbons (Fsp3) is 0.290. The third kappa shape index (κ3) is 5.51. The van der Waals surface area contributed by atoms with Gasteiger partial charge in [-0.1, -0.05) is 42.5 Å². The van der Waals surface area contributed by atoms with Crippen molar-refractivity contribution >= 4 is 16.6 Å². The number of pyridine rings is 1. The number of nitrogens with one attached hydrogen (secondary N) is 1. The van der Waals surface area contributed by atoms with Gasteiger partial charge in [0, 0.05) is 44.4 Å². The first-order chi connectivity index (χ1) is 20.1. The second-order valence-corrected chi connectivity index (χ2v) is 10.1. The molecule has 0 saturated carbocycles. The van der Waals surface area contributed by atoms with Crippen molar-refractivity contribution in [2.45, 2.75) is 19.0 Å². The van der Waals surface area contributed by atoms with Crippen molar-refractivity contribution in [1.29, 1.82) is 0 Å². The van der Waals surface area contributed by atoms with Crippen LogP contribution in [0, 0.1) is 0 Å². The van der Waals surface area contributed by atoms with Gasteiger partial charge in [-0.3, -0.25) is 9.69 Å². The summed E-state index contributed by atoms with van der Waals surface area (Å²) in [6.07, 6.45) is 0.779. The van der Waals surface area contributed by atoms with Crippen LogP contribution in [0.4, 0.5) is 5.69 Å². The summed E-state index contributed by atoms with van der Waals surface area (Å²) < 4.78 is 12.8. The van der Waals surface area contributed by atoms with E-state index in [0.29, 0.717) is 36.8 Å². The molecule has 2 aromatic heterocycles. The Labute approximate surface area is 238 Å². The number of benzene rings is 3. The number of H-pyrrole nitrogens is 1. The molecule has 41 heavy (non-hydrogen) atoms. The van der Waals surface area contributed by atoms with Crippen molar-refractivity contribution in [2.75, 3.05) is 45.3 Å². The fourth-order valence-corrected chi connectivity index (χ4v) is 5.58. The lowest BCUT2D eigenvalue weighted by Crippen LogP contribution is -2.49. The van der Waals surface area contributed by atoms with Crippen LogP contribution in [0.2, 0.25) is 0 Å². The van der Waals surface area contributed by atoms with Gasteiger partial charge in [0.1, 0.15) is 17.5 Å². The molecule has 3 aromatic carbocycles. The summed E-state index contributed by atoms with van der Waals surface area (Å²) >= 11 is 0. The number of piperazine rings is 1. The molecule has 6 rings (SSSR count). The molecule has 10 nitrogen and oxygen atoms in total. The second kappa shape index (κ2) is 11.8. The van der Waals surface area contributed by atoms with Crippen molar-refractivity contribution in [3.63, 3.8) is 0 Å².